The van der Waals surface area contributed by atoms with Crippen molar-refractivity contribution >= 4 is 23.2 Å². The van der Waals surface area contributed by atoms with E-state index in [9.17, 15) is 18.0 Å². The fraction of sp³-hybridized carbons (Fsp3) is 0.188. The molecule has 0 radical (unpaired) electrons. The van der Waals surface area contributed by atoms with Crippen LogP contribution < -0.4 is 10.1 Å². The molecule has 7 heteroatoms. The molecule has 23 heavy (non-hydrogen) atoms. The zero-order valence-corrected chi connectivity index (χ0v) is 13.0. The summed E-state index contributed by atoms with van der Waals surface area (Å²) in [7, 11) is 0. The lowest BCUT2D eigenvalue weighted by atomic mass is 10.2. The number of ether oxygens (including phenoxy) is 1. The molecular weight excluding hydrogens is 331 g/mol. The summed E-state index contributed by atoms with van der Waals surface area (Å²) in [4.78, 5) is 12.0. The molecule has 3 nitrogen and oxygen atoms in total. The van der Waals surface area contributed by atoms with Crippen LogP contribution in [0.2, 0.25) is 5.02 Å². The Labute approximate surface area is 136 Å². The van der Waals surface area contributed by atoms with Gasteiger partial charge in [0.1, 0.15) is 5.75 Å². The molecule has 0 saturated carbocycles. The lowest BCUT2D eigenvalue weighted by molar-refractivity contribution is -0.122. The zero-order valence-electron chi connectivity index (χ0n) is 12.3. The van der Waals surface area contributed by atoms with Gasteiger partial charge in [-0.15, -0.1) is 0 Å². The van der Waals surface area contributed by atoms with E-state index in [-0.39, 0.29) is 0 Å². The number of aryl methyl sites for hydroxylation is 1. The van der Waals surface area contributed by atoms with E-state index >= 15 is 0 Å². The molecule has 1 amide bonds. The Morgan fingerprint density at radius 1 is 1.17 bits per heavy atom. The number of carbonyl (C=O) groups is 1. The number of amides is 1. The van der Waals surface area contributed by atoms with Crippen molar-refractivity contribution in [1.29, 1.82) is 0 Å². The molecule has 0 aliphatic heterocycles. The summed E-state index contributed by atoms with van der Waals surface area (Å²) >= 11 is 5.89. The molecule has 0 aliphatic rings. The molecule has 0 heterocycles. The van der Waals surface area contributed by atoms with Gasteiger partial charge in [-0.2, -0.15) is 0 Å². The van der Waals surface area contributed by atoms with Gasteiger partial charge in [-0.25, -0.2) is 13.2 Å². The van der Waals surface area contributed by atoms with Gasteiger partial charge in [-0.3, -0.25) is 4.79 Å². The maximum Gasteiger partial charge on any atom is 0.265 e. The first-order valence-corrected chi connectivity index (χ1v) is 7.04. The molecule has 1 atom stereocenters. The summed E-state index contributed by atoms with van der Waals surface area (Å²) < 4.78 is 44.9. The van der Waals surface area contributed by atoms with Crippen LogP contribution in [0.3, 0.4) is 0 Å². The molecule has 122 valence electrons. The van der Waals surface area contributed by atoms with Crippen molar-refractivity contribution in [3.63, 3.8) is 0 Å². The van der Waals surface area contributed by atoms with E-state index in [2.05, 4.69) is 5.32 Å². The third kappa shape index (κ3) is 3.96. The number of nitrogens with one attached hydrogen (secondary N) is 1. The average molecular weight is 344 g/mol. The van der Waals surface area contributed by atoms with E-state index in [1.807, 2.05) is 0 Å². The average Bonchev–Trinajstić information content (AvgIpc) is 2.51. The van der Waals surface area contributed by atoms with Crippen molar-refractivity contribution in [3.8, 4) is 5.75 Å². The first-order chi connectivity index (χ1) is 10.8. The molecule has 2 aromatic rings. The van der Waals surface area contributed by atoms with Crippen LogP contribution in [-0.4, -0.2) is 12.0 Å². The Morgan fingerprint density at radius 3 is 2.52 bits per heavy atom. The number of halogens is 4. The van der Waals surface area contributed by atoms with Crippen LogP contribution in [0.15, 0.2) is 30.3 Å². The minimum Gasteiger partial charge on any atom is -0.481 e. The maximum atomic E-state index is 13.5. The lowest BCUT2D eigenvalue weighted by Gasteiger charge is -2.16. The van der Waals surface area contributed by atoms with Gasteiger partial charge in [0, 0.05) is 5.02 Å². The Morgan fingerprint density at radius 2 is 1.87 bits per heavy atom. The Kier molecular flexibility index (Phi) is 5.15. The molecule has 2 rings (SSSR count). The molecule has 0 aliphatic carbocycles. The summed E-state index contributed by atoms with van der Waals surface area (Å²) in [6, 6.07) is 6.50. The third-order valence-corrected chi connectivity index (χ3v) is 3.53. The van der Waals surface area contributed by atoms with E-state index in [1.54, 1.807) is 25.1 Å². The summed E-state index contributed by atoms with van der Waals surface area (Å²) in [5.74, 6) is -4.75. The van der Waals surface area contributed by atoms with Crippen molar-refractivity contribution in [1.82, 2.24) is 0 Å². The predicted octanol–water partition coefficient (Wildman–Crippen LogP) is 4.47. The number of carbonyl (C=O) groups excluding carboxylic acids is 1. The van der Waals surface area contributed by atoms with Crippen molar-refractivity contribution in [2.24, 2.45) is 0 Å². The van der Waals surface area contributed by atoms with Gasteiger partial charge in [0.15, 0.2) is 23.6 Å². The Balaban J connectivity index is 2.08. The summed E-state index contributed by atoms with van der Waals surface area (Å²) in [5, 5.41) is 2.71. The van der Waals surface area contributed by atoms with Gasteiger partial charge < -0.3 is 10.1 Å². The topological polar surface area (TPSA) is 38.3 Å². The SMILES string of the molecule is Cc1cc(OC(C)C(=O)Nc2ccc(F)c(F)c2F)ccc1Cl. The Bertz CT molecular complexity index is 752. The number of rotatable bonds is 4. The number of anilines is 1. The highest BCUT2D eigenvalue weighted by Crippen LogP contribution is 2.23. The predicted molar refractivity (Wildman–Crippen MR) is 81.2 cm³/mol. The summed E-state index contributed by atoms with van der Waals surface area (Å²) in [6.07, 6.45) is -0.983. The highest BCUT2D eigenvalue weighted by molar-refractivity contribution is 6.31. The summed E-state index contributed by atoms with van der Waals surface area (Å²) in [6.45, 7) is 3.22. The van der Waals surface area contributed by atoms with Crippen LogP contribution in [0.1, 0.15) is 12.5 Å². The molecule has 0 fully saturated rings. The molecule has 0 spiro atoms. The van der Waals surface area contributed by atoms with E-state index in [1.165, 1.54) is 6.92 Å². The van der Waals surface area contributed by atoms with Gasteiger partial charge >= 0.3 is 0 Å². The lowest BCUT2D eigenvalue weighted by Crippen LogP contribution is -2.30. The highest BCUT2D eigenvalue weighted by atomic mass is 35.5. The monoisotopic (exact) mass is 343 g/mol. The highest BCUT2D eigenvalue weighted by Gasteiger charge is 2.19. The first kappa shape index (κ1) is 17.1. The van der Waals surface area contributed by atoms with Crippen LogP contribution in [0.5, 0.6) is 5.75 Å². The Hall–Kier alpha value is -2.21. The van der Waals surface area contributed by atoms with Crippen LogP contribution in [0, 0.1) is 24.4 Å². The molecule has 1 N–H and O–H groups in total. The minimum atomic E-state index is -1.65. The number of hydrogen-bond acceptors (Lipinski definition) is 2. The van der Waals surface area contributed by atoms with E-state index in [4.69, 9.17) is 16.3 Å². The van der Waals surface area contributed by atoms with E-state index in [0.29, 0.717) is 10.8 Å². The zero-order chi connectivity index (χ0) is 17.1. The second kappa shape index (κ2) is 6.91. The van der Waals surface area contributed by atoms with E-state index in [0.717, 1.165) is 17.7 Å². The van der Waals surface area contributed by atoms with Crippen LogP contribution >= 0.6 is 11.6 Å². The normalized spacial score (nSPS) is 11.9. The third-order valence-electron chi connectivity index (χ3n) is 3.10. The minimum absolute atomic E-state index is 0.403. The largest absolute Gasteiger partial charge is 0.481 e. The van der Waals surface area contributed by atoms with Crippen molar-refractivity contribution < 1.29 is 22.7 Å². The molecule has 1 unspecified atom stereocenters. The van der Waals surface area contributed by atoms with Crippen LogP contribution in [0.4, 0.5) is 18.9 Å². The molecule has 0 aromatic heterocycles. The van der Waals surface area contributed by atoms with Crippen molar-refractivity contribution in [2.75, 3.05) is 5.32 Å². The standard InChI is InChI=1S/C16H13ClF3NO2/c1-8-7-10(3-4-11(8)17)23-9(2)16(22)21-13-6-5-12(18)14(19)15(13)20/h3-7,9H,1-2H3,(H,21,22). The number of hydrogen-bond donors (Lipinski definition) is 1. The van der Waals surface area contributed by atoms with Crippen LogP contribution in [-0.2, 0) is 4.79 Å². The van der Waals surface area contributed by atoms with Crippen LogP contribution in [0.25, 0.3) is 0 Å². The van der Waals surface area contributed by atoms with Gasteiger partial charge in [-0.05, 0) is 49.7 Å². The van der Waals surface area contributed by atoms with Gasteiger partial charge in [0.2, 0.25) is 0 Å². The van der Waals surface area contributed by atoms with E-state index < -0.39 is 35.2 Å². The fourth-order valence-corrected chi connectivity index (χ4v) is 1.92. The molecule has 0 saturated heterocycles. The molecule has 2 aromatic carbocycles. The quantitative estimate of drug-likeness (QED) is 0.832. The smallest absolute Gasteiger partial charge is 0.265 e. The second-order valence-electron chi connectivity index (χ2n) is 4.88. The van der Waals surface area contributed by atoms with Gasteiger partial charge in [0.05, 0.1) is 5.69 Å². The number of benzene rings is 2. The molecule has 0 bridgehead atoms. The van der Waals surface area contributed by atoms with Gasteiger partial charge in [0.25, 0.3) is 5.91 Å². The maximum absolute atomic E-state index is 13.5. The van der Waals surface area contributed by atoms with Gasteiger partial charge in [-0.1, -0.05) is 11.6 Å². The first-order valence-electron chi connectivity index (χ1n) is 6.66. The second-order valence-corrected chi connectivity index (χ2v) is 5.29. The van der Waals surface area contributed by atoms with Crippen molar-refractivity contribution in [2.45, 2.75) is 20.0 Å². The molecular formula is C16H13ClF3NO2. The summed E-state index contributed by atoms with van der Waals surface area (Å²) in [5.41, 5.74) is 0.306. The van der Waals surface area contributed by atoms with Crippen molar-refractivity contribution in [3.05, 3.63) is 58.4 Å². The fourth-order valence-electron chi connectivity index (χ4n) is 1.80.